The van der Waals surface area contributed by atoms with Crippen LogP contribution in [0.5, 0.6) is 0 Å². The Hall–Kier alpha value is -1.03. The van der Waals surface area contributed by atoms with Gasteiger partial charge in [0.1, 0.15) is 5.02 Å². The van der Waals surface area contributed by atoms with Crippen LogP contribution >= 0.6 is 11.6 Å². The molecule has 5 heteroatoms. The van der Waals surface area contributed by atoms with Crippen LogP contribution in [0.25, 0.3) is 0 Å². The molecule has 17 heavy (non-hydrogen) atoms. The van der Waals surface area contributed by atoms with Gasteiger partial charge in [-0.2, -0.15) is 5.10 Å². The third kappa shape index (κ3) is 2.80. The van der Waals surface area contributed by atoms with Gasteiger partial charge in [-0.15, -0.1) is 0 Å². The molecule has 0 spiro atoms. The highest BCUT2D eigenvalue weighted by molar-refractivity contribution is 6.32. The van der Waals surface area contributed by atoms with E-state index in [0.717, 1.165) is 18.9 Å². The fraction of sp³-hybridized carbons (Fsp3) is 0.667. The zero-order valence-corrected chi connectivity index (χ0v) is 10.8. The second-order valence-corrected chi connectivity index (χ2v) is 4.88. The number of nitrogens with one attached hydrogen (secondary N) is 1. The fourth-order valence-electron chi connectivity index (χ4n) is 2.01. The van der Waals surface area contributed by atoms with E-state index in [-0.39, 0.29) is 10.6 Å². The van der Waals surface area contributed by atoms with E-state index in [4.69, 9.17) is 11.6 Å². The zero-order chi connectivity index (χ0) is 12.3. The number of hydrogen-bond donors (Lipinski definition) is 1. The van der Waals surface area contributed by atoms with Crippen LogP contribution in [0.4, 0.5) is 5.69 Å². The lowest BCUT2D eigenvalue weighted by Gasteiger charge is -2.25. The highest BCUT2D eigenvalue weighted by atomic mass is 35.5. The van der Waals surface area contributed by atoms with Gasteiger partial charge >= 0.3 is 0 Å². The molecule has 1 aliphatic rings. The van der Waals surface area contributed by atoms with E-state index in [1.165, 1.54) is 23.9 Å². The molecule has 1 aliphatic carbocycles. The van der Waals surface area contributed by atoms with Crippen molar-refractivity contribution in [1.82, 2.24) is 9.78 Å². The monoisotopic (exact) mass is 255 g/mol. The molecule has 0 atom stereocenters. The van der Waals surface area contributed by atoms with Gasteiger partial charge in [-0.3, -0.25) is 4.79 Å². The average Bonchev–Trinajstić information content (AvgIpc) is 2.27. The van der Waals surface area contributed by atoms with Crippen molar-refractivity contribution in [3.63, 3.8) is 0 Å². The molecule has 1 aromatic rings. The lowest BCUT2D eigenvalue weighted by atomic mass is 9.83. The summed E-state index contributed by atoms with van der Waals surface area (Å²) in [6.07, 6.45) is 6.82. The Labute approximate surface area is 106 Å². The summed E-state index contributed by atoms with van der Waals surface area (Å²) < 4.78 is 1.36. The van der Waals surface area contributed by atoms with Gasteiger partial charge in [0.25, 0.3) is 5.56 Å². The minimum Gasteiger partial charge on any atom is -0.382 e. The van der Waals surface area contributed by atoms with Crippen LogP contribution in [-0.4, -0.2) is 16.3 Å². The topological polar surface area (TPSA) is 46.9 Å². The van der Waals surface area contributed by atoms with E-state index in [1.54, 1.807) is 6.20 Å². The van der Waals surface area contributed by atoms with E-state index in [1.807, 2.05) is 6.92 Å². The Morgan fingerprint density at radius 3 is 2.94 bits per heavy atom. The van der Waals surface area contributed by atoms with Crippen molar-refractivity contribution in [2.24, 2.45) is 5.92 Å². The first kappa shape index (κ1) is 12.4. The molecular formula is C12H18ClN3O. The second kappa shape index (κ2) is 5.54. The normalized spacial score (nSPS) is 15.6. The smallest absolute Gasteiger partial charge is 0.287 e. The number of nitrogens with zero attached hydrogens (tertiary/aromatic N) is 2. The average molecular weight is 256 g/mol. The van der Waals surface area contributed by atoms with Crippen molar-refractivity contribution in [2.75, 3.05) is 11.9 Å². The summed E-state index contributed by atoms with van der Waals surface area (Å²) >= 11 is 6.00. The molecule has 1 aromatic heterocycles. The largest absolute Gasteiger partial charge is 0.382 e. The Morgan fingerprint density at radius 2 is 2.35 bits per heavy atom. The zero-order valence-electron chi connectivity index (χ0n) is 10.1. The van der Waals surface area contributed by atoms with E-state index >= 15 is 0 Å². The Balaban J connectivity index is 1.95. The first-order valence-corrected chi connectivity index (χ1v) is 6.59. The summed E-state index contributed by atoms with van der Waals surface area (Å²) in [7, 11) is 0. The number of aryl methyl sites for hydroxylation is 1. The molecule has 0 aliphatic heterocycles. The van der Waals surface area contributed by atoms with Gasteiger partial charge < -0.3 is 5.32 Å². The SMILES string of the molecule is CCn1ncc(NCCC2CCC2)c(Cl)c1=O. The molecular weight excluding hydrogens is 238 g/mol. The lowest BCUT2D eigenvalue weighted by molar-refractivity contribution is 0.303. The van der Waals surface area contributed by atoms with E-state index in [2.05, 4.69) is 10.4 Å². The quantitative estimate of drug-likeness (QED) is 0.880. The van der Waals surface area contributed by atoms with Gasteiger partial charge in [-0.25, -0.2) is 4.68 Å². The number of hydrogen-bond acceptors (Lipinski definition) is 3. The minimum absolute atomic E-state index is 0.220. The van der Waals surface area contributed by atoms with Crippen LogP contribution in [-0.2, 0) is 6.54 Å². The van der Waals surface area contributed by atoms with Crippen LogP contribution in [0.15, 0.2) is 11.0 Å². The predicted octanol–water partition coefficient (Wildman–Crippen LogP) is 2.52. The standard InChI is InChI=1S/C12H18ClN3O/c1-2-16-12(17)11(13)10(8-15-16)14-7-6-9-4-3-5-9/h8-9,14H,2-7H2,1H3. The Kier molecular flexibility index (Phi) is 4.05. The molecule has 1 heterocycles. The molecule has 2 rings (SSSR count). The van der Waals surface area contributed by atoms with E-state index in [9.17, 15) is 4.79 Å². The van der Waals surface area contributed by atoms with Crippen LogP contribution in [0.1, 0.15) is 32.6 Å². The molecule has 1 N–H and O–H groups in total. The summed E-state index contributed by atoms with van der Waals surface area (Å²) in [5, 5.41) is 7.49. The highest BCUT2D eigenvalue weighted by Gasteiger charge is 2.16. The molecule has 0 bridgehead atoms. The minimum atomic E-state index is -0.220. The molecule has 1 fully saturated rings. The Bertz CT molecular complexity index is 440. The third-order valence-corrected chi connectivity index (χ3v) is 3.74. The number of anilines is 1. The maximum Gasteiger partial charge on any atom is 0.287 e. The molecule has 94 valence electrons. The number of rotatable bonds is 5. The Morgan fingerprint density at radius 1 is 1.59 bits per heavy atom. The van der Waals surface area contributed by atoms with E-state index in [0.29, 0.717) is 12.2 Å². The summed E-state index contributed by atoms with van der Waals surface area (Å²) in [6.45, 7) is 3.27. The third-order valence-electron chi connectivity index (χ3n) is 3.38. The number of aromatic nitrogens is 2. The van der Waals surface area contributed by atoms with Crippen molar-refractivity contribution in [2.45, 2.75) is 39.2 Å². The summed E-state index contributed by atoms with van der Waals surface area (Å²) in [5.74, 6) is 0.852. The van der Waals surface area contributed by atoms with Crippen LogP contribution in [0, 0.1) is 5.92 Å². The first-order valence-electron chi connectivity index (χ1n) is 6.22. The van der Waals surface area contributed by atoms with E-state index < -0.39 is 0 Å². The van der Waals surface area contributed by atoms with Crippen molar-refractivity contribution in [1.29, 1.82) is 0 Å². The van der Waals surface area contributed by atoms with Gasteiger partial charge in [-0.1, -0.05) is 30.9 Å². The van der Waals surface area contributed by atoms with Gasteiger partial charge in [0.2, 0.25) is 0 Å². The predicted molar refractivity (Wildman–Crippen MR) is 69.6 cm³/mol. The lowest BCUT2D eigenvalue weighted by Crippen LogP contribution is -2.24. The van der Waals surface area contributed by atoms with Crippen LogP contribution in [0.3, 0.4) is 0 Å². The fourth-order valence-corrected chi connectivity index (χ4v) is 2.22. The second-order valence-electron chi connectivity index (χ2n) is 4.51. The summed E-state index contributed by atoms with van der Waals surface area (Å²) in [5.41, 5.74) is 0.434. The summed E-state index contributed by atoms with van der Waals surface area (Å²) in [6, 6.07) is 0. The van der Waals surface area contributed by atoms with Gasteiger partial charge in [0.15, 0.2) is 0 Å². The first-order chi connectivity index (χ1) is 8.22. The maximum atomic E-state index is 11.7. The van der Waals surface area contributed by atoms with Crippen LogP contribution in [0.2, 0.25) is 5.02 Å². The number of halogens is 1. The molecule has 0 aromatic carbocycles. The highest BCUT2D eigenvalue weighted by Crippen LogP contribution is 2.29. The van der Waals surface area contributed by atoms with Crippen molar-refractivity contribution < 1.29 is 0 Å². The molecule has 0 saturated heterocycles. The van der Waals surface area contributed by atoms with Gasteiger partial charge in [-0.05, 0) is 19.3 Å². The molecule has 1 saturated carbocycles. The molecule has 4 nitrogen and oxygen atoms in total. The molecule has 0 amide bonds. The van der Waals surface area contributed by atoms with Crippen molar-refractivity contribution in [3.8, 4) is 0 Å². The van der Waals surface area contributed by atoms with Crippen LogP contribution < -0.4 is 10.9 Å². The molecule has 0 unspecified atom stereocenters. The van der Waals surface area contributed by atoms with Gasteiger partial charge in [0.05, 0.1) is 11.9 Å². The van der Waals surface area contributed by atoms with Crippen molar-refractivity contribution >= 4 is 17.3 Å². The van der Waals surface area contributed by atoms with Crippen molar-refractivity contribution in [3.05, 3.63) is 21.6 Å². The maximum absolute atomic E-state index is 11.7. The van der Waals surface area contributed by atoms with Gasteiger partial charge in [0, 0.05) is 13.1 Å². The summed E-state index contributed by atoms with van der Waals surface area (Å²) in [4.78, 5) is 11.7. The molecule has 0 radical (unpaired) electrons.